The minimum Gasteiger partial charge on any atom is -0.356 e. The number of nitrogens with two attached hydrogens (primary N) is 1. The Morgan fingerprint density at radius 3 is 1.87 bits per heavy atom. The maximum Gasteiger partial charge on any atom is 0.220 e. The van der Waals surface area contributed by atoms with E-state index in [0.717, 1.165) is 65.2 Å². The second-order valence-corrected chi connectivity index (χ2v) is 9.79. The van der Waals surface area contributed by atoms with E-state index in [4.69, 9.17) is 5.73 Å². The Balaban J connectivity index is 2.24. The highest BCUT2D eigenvalue weighted by Gasteiger charge is 2.30. The van der Waals surface area contributed by atoms with Crippen molar-refractivity contribution in [3.05, 3.63) is 0 Å². The summed E-state index contributed by atoms with van der Waals surface area (Å²) >= 11 is 0. The second kappa shape index (κ2) is 23.1. The van der Waals surface area contributed by atoms with Crippen molar-refractivity contribution in [1.82, 2.24) is 47.9 Å². The van der Waals surface area contributed by atoms with E-state index in [1.54, 1.807) is 6.92 Å². The highest BCUT2D eigenvalue weighted by atomic mass is 16.2. The smallest absolute Gasteiger partial charge is 0.220 e. The molecule has 0 bridgehead atoms. The molecule has 1 heterocycles. The third kappa shape index (κ3) is 19.2. The van der Waals surface area contributed by atoms with Crippen LogP contribution in [0.5, 0.6) is 0 Å². The average molecular weight is 543 g/mol. The number of carbonyl (C=O) groups excluding carboxylic acids is 3. The van der Waals surface area contributed by atoms with Crippen molar-refractivity contribution in [2.75, 3.05) is 98.2 Å². The van der Waals surface area contributed by atoms with Gasteiger partial charge in [0, 0.05) is 98.3 Å². The Hall–Kier alpha value is -1.87. The molecule has 0 spiro atoms. The average Bonchev–Trinajstić information content (AvgIpc) is 2.88. The molecule has 1 aliphatic heterocycles. The third-order valence-electron chi connectivity index (χ3n) is 6.11. The van der Waals surface area contributed by atoms with Gasteiger partial charge in [0.2, 0.25) is 17.7 Å². The molecule has 1 aliphatic rings. The summed E-state index contributed by atoms with van der Waals surface area (Å²) in [6.45, 7) is 12.8. The molecule has 13 heteroatoms. The second-order valence-electron chi connectivity index (χ2n) is 9.79. The summed E-state index contributed by atoms with van der Waals surface area (Å²) in [7, 11) is 0. The number of amides is 3. The topological polar surface area (TPSA) is 186 Å². The Kier molecular flexibility index (Phi) is 20.7. The molecule has 1 fully saturated rings. The molecule has 11 N–H and O–H groups in total. The van der Waals surface area contributed by atoms with E-state index in [1.807, 2.05) is 0 Å². The lowest BCUT2D eigenvalue weighted by molar-refractivity contribution is -0.123. The lowest BCUT2D eigenvalue weighted by atomic mass is 9.98. The summed E-state index contributed by atoms with van der Waals surface area (Å²) < 4.78 is 0. The predicted molar refractivity (Wildman–Crippen MR) is 152 cm³/mol. The molecule has 0 radical (unpaired) electrons. The van der Waals surface area contributed by atoms with Gasteiger partial charge >= 0.3 is 0 Å². The van der Waals surface area contributed by atoms with Crippen molar-refractivity contribution < 1.29 is 14.4 Å². The van der Waals surface area contributed by atoms with Gasteiger partial charge in [0.25, 0.3) is 0 Å². The van der Waals surface area contributed by atoms with E-state index in [0.29, 0.717) is 65.1 Å². The molecule has 0 aromatic carbocycles. The molecule has 38 heavy (non-hydrogen) atoms. The zero-order valence-corrected chi connectivity index (χ0v) is 23.4. The molecule has 13 nitrogen and oxygen atoms in total. The first-order valence-corrected chi connectivity index (χ1v) is 14.2. The van der Waals surface area contributed by atoms with Crippen LogP contribution in [-0.2, 0) is 14.4 Å². The monoisotopic (exact) mass is 542 g/mol. The highest BCUT2D eigenvalue weighted by molar-refractivity contribution is 5.78. The van der Waals surface area contributed by atoms with Crippen LogP contribution in [0.15, 0.2) is 0 Å². The van der Waals surface area contributed by atoms with Crippen LogP contribution >= 0.6 is 0 Å². The van der Waals surface area contributed by atoms with E-state index in [9.17, 15) is 14.4 Å². The van der Waals surface area contributed by atoms with Crippen LogP contribution in [0.2, 0.25) is 0 Å². The van der Waals surface area contributed by atoms with Crippen molar-refractivity contribution >= 4 is 17.7 Å². The minimum atomic E-state index is -0.439. The van der Waals surface area contributed by atoms with Crippen molar-refractivity contribution in [2.45, 2.75) is 44.6 Å². The van der Waals surface area contributed by atoms with Crippen LogP contribution in [-0.4, -0.2) is 121 Å². The molecule has 1 rings (SSSR count). The van der Waals surface area contributed by atoms with Crippen molar-refractivity contribution in [2.24, 2.45) is 5.73 Å². The van der Waals surface area contributed by atoms with Gasteiger partial charge < -0.3 is 53.6 Å². The number of rotatable bonds is 16. The lowest BCUT2D eigenvalue weighted by Crippen LogP contribution is -2.65. The summed E-state index contributed by atoms with van der Waals surface area (Å²) in [5.41, 5.74) is 4.96. The molecular weight excluding hydrogens is 488 g/mol. The molecule has 0 aromatic rings. The number of nitrogens with one attached hydrogen (secondary N) is 9. The number of hydrogen-bond acceptors (Lipinski definition) is 10. The van der Waals surface area contributed by atoms with E-state index < -0.39 is 5.54 Å². The first-order valence-electron chi connectivity index (χ1n) is 14.2. The van der Waals surface area contributed by atoms with Gasteiger partial charge in [0.05, 0.1) is 5.54 Å². The SMILES string of the molecule is CC(=O)NC1(CNCCNCCNC(=O)CCCC(=O)NCCCN)CNCCNCCCNCCNC1. The molecule has 1 saturated heterocycles. The summed E-state index contributed by atoms with van der Waals surface area (Å²) in [5.74, 6) is -0.131. The van der Waals surface area contributed by atoms with Gasteiger partial charge in [-0.15, -0.1) is 0 Å². The molecular formula is C25H54N10O3. The van der Waals surface area contributed by atoms with Gasteiger partial charge in [0.15, 0.2) is 0 Å². The van der Waals surface area contributed by atoms with Crippen molar-refractivity contribution in [3.63, 3.8) is 0 Å². The summed E-state index contributed by atoms with van der Waals surface area (Å²) in [5, 5.41) is 29.5. The van der Waals surface area contributed by atoms with Crippen LogP contribution in [0, 0.1) is 0 Å². The summed E-state index contributed by atoms with van der Waals surface area (Å²) in [6, 6.07) is 0. The van der Waals surface area contributed by atoms with Gasteiger partial charge in [-0.3, -0.25) is 14.4 Å². The number of carbonyl (C=O) groups is 3. The van der Waals surface area contributed by atoms with E-state index in [-0.39, 0.29) is 17.7 Å². The minimum absolute atomic E-state index is 0.0384. The van der Waals surface area contributed by atoms with E-state index in [1.165, 1.54) is 0 Å². The molecule has 222 valence electrons. The van der Waals surface area contributed by atoms with Crippen LogP contribution in [0.3, 0.4) is 0 Å². The standard InChI is InChI=1S/C25H54N10O3/c1-22(36)35-25(19-30-14-11-27-8-4-9-28-12-15-31-20-25)21-32-16-13-29-17-18-34-24(38)6-2-5-23(37)33-10-3-7-26/h27-32H,2-21,26H2,1H3,(H,33,37)(H,34,38)(H,35,36). The Labute approximate surface area is 228 Å². The lowest BCUT2D eigenvalue weighted by Gasteiger charge is -2.36. The molecule has 0 aliphatic carbocycles. The molecule has 3 amide bonds. The van der Waals surface area contributed by atoms with Gasteiger partial charge in [0.1, 0.15) is 0 Å². The fourth-order valence-corrected chi connectivity index (χ4v) is 4.13. The van der Waals surface area contributed by atoms with Crippen molar-refractivity contribution in [3.8, 4) is 0 Å². The van der Waals surface area contributed by atoms with Crippen molar-refractivity contribution in [1.29, 1.82) is 0 Å². The first kappa shape index (κ1) is 34.2. The fourth-order valence-electron chi connectivity index (χ4n) is 4.13. The maximum absolute atomic E-state index is 12.0. The Bertz CT molecular complexity index is 625. The van der Waals surface area contributed by atoms with Gasteiger partial charge in [-0.1, -0.05) is 0 Å². The predicted octanol–water partition coefficient (Wildman–Crippen LogP) is -3.45. The quantitative estimate of drug-likeness (QED) is 0.0880. The van der Waals surface area contributed by atoms with Gasteiger partial charge in [-0.2, -0.15) is 0 Å². The number of hydrogen-bond donors (Lipinski definition) is 10. The first-order chi connectivity index (χ1) is 18.5. The van der Waals surface area contributed by atoms with Gasteiger partial charge in [-0.25, -0.2) is 0 Å². The molecule has 0 atom stereocenters. The van der Waals surface area contributed by atoms with E-state index >= 15 is 0 Å². The Morgan fingerprint density at radius 1 is 0.711 bits per heavy atom. The van der Waals surface area contributed by atoms with Crippen LogP contribution < -0.4 is 53.6 Å². The zero-order chi connectivity index (χ0) is 27.7. The summed E-state index contributed by atoms with van der Waals surface area (Å²) in [4.78, 5) is 35.6. The third-order valence-corrected chi connectivity index (χ3v) is 6.11. The molecule has 0 aromatic heterocycles. The van der Waals surface area contributed by atoms with Gasteiger partial charge in [-0.05, 0) is 38.9 Å². The van der Waals surface area contributed by atoms with Crippen LogP contribution in [0.4, 0.5) is 0 Å². The Morgan fingerprint density at radius 2 is 1.26 bits per heavy atom. The highest BCUT2D eigenvalue weighted by Crippen LogP contribution is 2.02. The zero-order valence-electron chi connectivity index (χ0n) is 23.4. The fraction of sp³-hybridized carbons (Fsp3) is 0.880. The normalized spacial score (nSPS) is 17.2. The van der Waals surface area contributed by atoms with Crippen LogP contribution in [0.25, 0.3) is 0 Å². The molecule has 0 saturated carbocycles. The van der Waals surface area contributed by atoms with Crippen LogP contribution in [0.1, 0.15) is 39.0 Å². The maximum atomic E-state index is 12.0. The van der Waals surface area contributed by atoms with E-state index in [2.05, 4.69) is 47.9 Å². The molecule has 0 unspecified atom stereocenters. The summed E-state index contributed by atoms with van der Waals surface area (Å²) in [6.07, 6.45) is 3.09. The largest absolute Gasteiger partial charge is 0.356 e.